The Labute approximate surface area is 77.1 Å². The molecule has 14 heavy (non-hydrogen) atoms. The molecule has 0 amide bonds. The number of rotatable bonds is 2. The topological polar surface area (TPSA) is 113 Å². The molecule has 2 atom stereocenters. The number of fused-ring (bicyclic) bond motifs is 1. The Morgan fingerprint density at radius 3 is 2.79 bits per heavy atom. The molecule has 2 aliphatic rings. The van der Waals surface area contributed by atoms with Gasteiger partial charge in [0.2, 0.25) is 5.76 Å². The summed E-state index contributed by atoms with van der Waals surface area (Å²) in [5.41, 5.74) is -2.18. The Morgan fingerprint density at radius 1 is 1.64 bits per heavy atom. The predicted molar refractivity (Wildman–Crippen MR) is 41.0 cm³/mol. The summed E-state index contributed by atoms with van der Waals surface area (Å²) < 4.78 is 4.76. The van der Waals surface area contributed by atoms with Crippen LogP contribution in [0.5, 0.6) is 0 Å². The van der Waals surface area contributed by atoms with E-state index in [0.717, 1.165) is 6.08 Å². The van der Waals surface area contributed by atoms with E-state index in [9.17, 15) is 20.0 Å². The molecule has 2 unspecified atom stereocenters. The van der Waals surface area contributed by atoms with E-state index in [1.165, 1.54) is 0 Å². The highest BCUT2D eigenvalue weighted by Gasteiger charge is 2.63. The number of aliphatic hydroxyl groups excluding tert-OH is 2. The van der Waals surface area contributed by atoms with Crippen molar-refractivity contribution in [3.63, 3.8) is 0 Å². The molecule has 1 saturated heterocycles. The van der Waals surface area contributed by atoms with E-state index in [2.05, 4.69) is 0 Å². The number of carbonyl (C=O) groups excluding carboxylic acids is 1. The smallest absolute Gasteiger partial charge is 0.313 e. The third kappa shape index (κ3) is 0.867. The summed E-state index contributed by atoms with van der Waals surface area (Å²) in [6.07, 6.45) is 0.257. The lowest BCUT2D eigenvalue weighted by molar-refractivity contribution is -0.424. The van der Waals surface area contributed by atoms with Crippen molar-refractivity contribution in [1.82, 2.24) is 0 Å². The first-order valence-corrected chi connectivity index (χ1v) is 3.65. The second-order valence-corrected chi connectivity index (χ2v) is 2.99. The molecule has 0 radical (unpaired) electrons. The monoisotopic (exact) mass is 199 g/mol. The molecule has 7 nitrogen and oxygen atoms in total. The van der Waals surface area contributed by atoms with Gasteiger partial charge in [-0.05, 0) is 0 Å². The molecule has 0 aromatic rings. The molecule has 0 aromatic heterocycles. The lowest BCUT2D eigenvalue weighted by Crippen LogP contribution is -2.23. The van der Waals surface area contributed by atoms with Crippen LogP contribution in [-0.4, -0.2) is 33.1 Å². The van der Waals surface area contributed by atoms with Gasteiger partial charge in [-0.25, -0.2) is 0 Å². The van der Waals surface area contributed by atoms with Gasteiger partial charge in [0.05, 0.1) is 4.92 Å². The maximum Gasteiger partial charge on any atom is 0.313 e. The molecule has 74 valence electrons. The second kappa shape index (κ2) is 2.32. The van der Waals surface area contributed by atoms with Crippen LogP contribution in [0.3, 0.4) is 0 Å². The van der Waals surface area contributed by atoms with Crippen LogP contribution in [0.2, 0.25) is 0 Å². The van der Waals surface area contributed by atoms with Gasteiger partial charge in [0.1, 0.15) is 0 Å². The summed E-state index contributed by atoms with van der Waals surface area (Å²) in [6.45, 7) is 0. The molecular formula is C7H5NO6. The van der Waals surface area contributed by atoms with Crippen LogP contribution >= 0.6 is 0 Å². The van der Waals surface area contributed by atoms with Gasteiger partial charge < -0.3 is 14.9 Å². The van der Waals surface area contributed by atoms with E-state index in [-0.39, 0.29) is 0 Å². The number of hydrogen-bond acceptors (Lipinski definition) is 6. The largest absolute Gasteiger partial charge is 0.506 e. The van der Waals surface area contributed by atoms with Gasteiger partial charge in [0.25, 0.3) is 0 Å². The minimum atomic E-state index is -1.46. The number of hydrogen-bond donors (Lipinski definition) is 2. The first-order chi connectivity index (χ1) is 6.52. The van der Waals surface area contributed by atoms with Crippen molar-refractivity contribution < 1.29 is 24.7 Å². The number of epoxide rings is 1. The van der Waals surface area contributed by atoms with Crippen molar-refractivity contribution in [2.75, 3.05) is 0 Å². The van der Waals surface area contributed by atoms with Crippen molar-refractivity contribution in [2.24, 2.45) is 0 Å². The highest BCUT2D eigenvalue weighted by atomic mass is 16.6. The van der Waals surface area contributed by atoms with Crippen molar-refractivity contribution in [3.05, 3.63) is 33.4 Å². The van der Waals surface area contributed by atoms with Crippen LogP contribution < -0.4 is 0 Å². The summed E-state index contributed by atoms with van der Waals surface area (Å²) in [6, 6.07) is 0. The van der Waals surface area contributed by atoms with Crippen molar-refractivity contribution in [1.29, 1.82) is 0 Å². The van der Waals surface area contributed by atoms with Crippen LogP contribution in [-0.2, 0) is 9.53 Å². The first-order valence-electron chi connectivity index (χ1n) is 3.65. The predicted octanol–water partition coefficient (Wildman–Crippen LogP) is -0.175. The number of nitrogens with zero attached hydrogens (tertiary/aromatic N) is 1. The molecule has 1 fully saturated rings. The zero-order chi connectivity index (χ0) is 10.5. The van der Waals surface area contributed by atoms with E-state index in [0.29, 0.717) is 6.29 Å². The molecule has 7 heteroatoms. The van der Waals surface area contributed by atoms with Gasteiger partial charge >= 0.3 is 5.70 Å². The Morgan fingerprint density at radius 2 is 2.29 bits per heavy atom. The Kier molecular flexibility index (Phi) is 1.44. The molecular weight excluding hydrogens is 194 g/mol. The van der Waals surface area contributed by atoms with Crippen LogP contribution in [0.25, 0.3) is 0 Å². The van der Waals surface area contributed by atoms with Crippen LogP contribution in [0.1, 0.15) is 0 Å². The lowest BCUT2D eigenvalue weighted by atomic mass is 9.98. The summed E-state index contributed by atoms with van der Waals surface area (Å²) >= 11 is 0. The van der Waals surface area contributed by atoms with E-state index in [4.69, 9.17) is 9.84 Å². The van der Waals surface area contributed by atoms with Gasteiger partial charge in [-0.1, -0.05) is 0 Å². The molecule has 1 heterocycles. The zero-order valence-electron chi connectivity index (χ0n) is 6.71. The van der Waals surface area contributed by atoms with Crippen molar-refractivity contribution in [3.8, 4) is 0 Å². The van der Waals surface area contributed by atoms with Crippen molar-refractivity contribution in [2.45, 2.75) is 11.7 Å². The maximum absolute atomic E-state index is 10.5. The van der Waals surface area contributed by atoms with Crippen LogP contribution in [0.4, 0.5) is 0 Å². The Bertz CT molecular complexity index is 397. The lowest BCUT2D eigenvalue weighted by Gasteiger charge is -2.06. The molecule has 0 saturated carbocycles. The average Bonchev–Trinajstić information content (AvgIpc) is 2.87. The fraction of sp³-hybridized carbons (Fsp3) is 0.286. The van der Waals surface area contributed by atoms with Gasteiger partial charge in [-0.2, -0.15) is 0 Å². The maximum atomic E-state index is 10.5. The third-order valence-corrected chi connectivity index (χ3v) is 2.15. The third-order valence-electron chi connectivity index (χ3n) is 2.15. The highest BCUT2D eigenvalue weighted by molar-refractivity contribution is 5.75. The molecule has 1 aliphatic carbocycles. The minimum Gasteiger partial charge on any atom is -0.506 e. The van der Waals surface area contributed by atoms with Gasteiger partial charge in [0.15, 0.2) is 23.8 Å². The fourth-order valence-electron chi connectivity index (χ4n) is 1.35. The Hall–Kier alpha value is -1.89. The quantitative estimate of drug-likeness (QED) is 0.276. The fourth-order valence-corrected chi connectivity index (χ4v) is 1.35. The van der Waals surface area contributed by atoms with Crippen molar-refractivity contribution >= 4 is 6.29 Å². The summed E-state index contributed by atoms with van der Waals surface area (Å²) in [4.78, 5) is 20.0. The first kappa shape index (κ1) is 8.70. The van der Waals surface area contributed by atoms with Gasteiger partial charge in [0, 0.05) is 6.08 Å². The van der Waals surface area contributed by atoms with E-state index in [1.54, 1.807) is 0 Å². The molecule has 0 bridgehead atoms. The molecule has 0 aromatic carbocycles. The molecule has 2 N–H and O–H groups in total. The Balaban J connectivity index is 2.50. The molecule has 0 spiro atoms. The SMILES string of the molecule is O=CC12C=C([N+](=O)[O-])C(O)=C(O)C1O2. The number of aldehydes is 1. The van der Waals surface area contributed by atoms with E-state index < -0.39 is 33.8 Å². The number of aliphatic hydroxyl groups is 2. The van der Waals surface area contributed by atoms with Crippen LogP contribution in [0.15, 0.2) is 23.3 Å². The number of carbonyl (C=O) groups is 1. The zero-order valence-corrected chi connectivity index (χ0v) is 6.71. The summed E-state index contributed by atoms with van der Waals surface area (Å²) in [7, 11) is 0. The average molecular weight is 199 g/mol. The summed E-state index contributed by atoms with van der Waals surface area (Å²) in [5, 5.41) is 28.7. The van der Waals surface area contributed by atoms with Gasteiger partial charge in [-0.15, -0.1) is 0 Å². The van der Waals surface area contributed by atoms with Crippen LogP contribution in [0, 0.1) is 10.1 Å². The second-order valence-electron chi connectivity index (χ2n) is 2.99. The molecule has 2 rings (SSSR count). The summed E-state index contributed by atoms with van der Waals surface area (Å²) in [5.74, 6) is -1.53. The highest BCUT2D eigenvalue weighted by Crippen LogP contribution is 2.45. The van der Waals surface area contributed by atoms with Gasteiger partial charge in [-0.3, -0.25) is 14.9 Å². The molecule has 1 aliphatic heterocycles. The number of nitro groups is 1. The van der Waals surface area contributed by atoms with E-state index in [1.807, 2.05) is 0 Å². The normalized spacial score (nSPS) is 34.6. The standard InChI is InChI=1S/C7H5NO6/c9-2-7-1-3(8(12)13)4(10)5(11)6(7)14-7/h1-2,6,10-11H. The number of ether oxygens (including phenoxy) is 1. The minimum absolute atomic E-state index is 0.351. The van der Waals surface area contributed by atoms with E-state index >= 15 is 0 Å².